The summed E-state index contributed by atoms with van der Waals surface area (Å²) in [4.78, 5) is 20.0. The van der Waals surface area contributed by atoms with Crippen molar-refractivity contribution in [3.05, 3.63) is 64.3 Å². The first kappa shape index (κ1) is 26.5. The molecule has 0 spiro atoms. The number of amides is 2. The Morgan fingerprint density at radius 3 is 2.92 bits per heavy atom. The van der Waals surface area contributed by atoms with Crippen LogP contribution in [0.1, 0.15) is 31.0 Å². The maximum Gasteiger partial charge on any atom is 0.319 e. The van der Waals surface area contributed by atoms with Crippen LogP contribution in [0.25, 0.3) is 21.5 Å². The lowest BCUT2D eigenvalue weighted by atomic mass is 10.1. The number of methoxy groups -OCH3 is 1. The topological polar surface area (TPSA) is 91.7 Å². The van der Waals surface area contributed by atoms with Crippen molar-refractivity contribution in [2.24, 2.45) is 0 Å². The number of carbonyl (C=O) groups is 1. The highest BCUT2D eigenvalue weighted by Gasteiger charge is 2.24. The molecular formula is C28H32ClN5O3S. The number of carbonyl (C=O) groups excluding carboxylic acids is 1. The highest BCUT2D eigenvalue weighted by molar-refractivity contribution is 7.13. The summed E-state index contributed by atoms with van der Waals surface area (Å²) in [5.74, 6) is 0.598. The molecule has 1 aliphatic rings. The minimum absolute atomic E-state index is 0.194. The number of aryl methyl sites for hydroxylation is 1. The Balaban J connectivity index is 1.31. The van der Waals surface area contributed by atoms with E-state index in [1.165, 1.54) is 0 Å². The zero-order valence-corrected chi connectivity index (χ0v) is 23.1. The number of fused-ring (bicyclic) bond motifs is 1. The van der Waals surface area contributed by atoms with Crippen LogP contribution in [0, 0.1) is 0 Å². The van der Waals surface area contributed by atoms with Crippen LogP contribution in [0.2, 0.25) is 5.02 Å². The predicted molar refractivity (Wildman–Crippen MR) is 153 cm³/mol. The van der Waals surface area contributed by atoms with E-state index in [1.54, 1.807) is 30.6 Å². The minimum Gasteiger partial charge on any atom is -0.495 e. The number of likely N-dealkylation sites (tertiary alicyclic amines) is 1. The fraction of sp³-hybridized carbons (Fsp3) is 0.357. The molecule has 2 amide bonds. The highest BCUT2D eigenvalue weighted by Crippen LogP contribution is 2.33. The van der Waals surface area contributed by atoms with E-state index in [9.17, 15) is 9.90 Å². The van der Waals surface area contributed by atoms with Crippen LogP contribution >= 0.6 is 22.9 Å². The number of aliphatic hydroxyl groups excluding tert-OH is 1. The second kappa shape index (κ2) is 11.7. The quantitative estimate of drug-likeness (QED) is 0.246. The number of urea groups is 1. The van der Waals surface area contributed by atoms with Gasteiger partial charge in [-0.2, -0.15) is 0 Å². The third kappa shape index (κ3) is 5.66. The second-order valence-electron chi connectivity index (χ2n) is 9.43. The fourth-order valence-electron chi connectivity index (χ4n) is 4.99. The summed E-state index contributed by atoms with van der Waals surface area (Å²) in [6.45, 7) is 5.14. The van der Waals surface area contributed by atoms with Crippen LogP contribution < -0.4 is 15.4 Å². The molecule has 1 aliphatic heterocycles. The third-order valence-corrected chi connectivity index (χ3v) is 8.25. The first-order valence-corrected chi connectivity index (χ1v) is 14.0. The number of nitrogens with zero attached hydrogens (tertiary/aromatic N) is 3. The molecule has 0 unspecified atom stereocenters. The van der Waals surface area contributed by atoms with Gasteiger partial charge < -0.3 is 25.0 Å². The minimum atomic E-state index is -0.293. The van der Waals surface area contributed by atoms with Gasteiger partial charge in [0.15, 0.2) is 0 Å². The number of aromatic nitrogens is 2. The molecule has 3 N–H and O–H groups in total. The zero-order valence-electron chi connectivity index (χ0n) is 21.5. The number of ether oxygens (including phenoxy) is 1. The van der Waals surface area contributed by atoms with Gasteiger partial charge in [-0.25, -0.2) is 9.78 Å². The first-order chi connectivity index (χ1) is 18.5. The lowest BCUT2D eigenvalue weighted by Gasteiger charge is -2.21. The van der Waals surface area contributed by atoms with E-state index in [4.69, 9.17) is 21.3 Å². The van der Waals surface area contributed by atoms with Gasteiger partial charge in [0.1, 0.15) is 10.8 Å². The van der Waals surface area contributed by atoms with Gasteiger partial charge in [0.2, 0.25) is 0 Å². The molecule has 4 aromatic rings. The van der Waals surface area contributed by atoms with Gasteiger partial charge in [-0.3, -0.25) is 4.90 Å². The Bertz CT molecular complexity index is 1440. The maximum absolute atomic E-state index is 12.8. The SMILES string of the molecule is CCn1cc(NC(=O)NCc2ccc(OC)c(Cl)c2)c2cc(-c3nc(CN4CCC[C@H]4CO)cs3)ccc21. The lowest BCUT2D eigenvalue weighted by molar-refractivity contribution is 0.152. The van der Waals surface area contributed by atoms with Crippen LogP contribution in [0.4, 0.5) is 10.5 Å². The highest BCUT2D eigenvalue weighted by atomic mass is 35.5. The smallest absolute Gasteiger partial charge is 0.319 e. The Morgan fingerprint density at radius 1 is 1.29 bits per heavy atom. The molecule has 2 aromatic carbocycles. The second-order valence-corrected chi connectivity index (χ2v) is 10.7. The van der Waals surface area contributed by atoms with Crippen molar-refractivity contribution >= 4 is 45.6 Å². The van der Waals surface area contributed by atoms with E-state index < -0.39 is 0 Å². The van der Waals surface area contributed by atoms with Crippen LogP contribution in [0.15, 0.2) is 48.0 Å². The number of rotatable bonds is 9. The van der Waals surface area contributed by atoms with Crippen molar-refractivity contribution in [3.63, 3.8) is 0 Å². The van der Waals surface area contributed by atoms with E-state index in [-0.39, 0.29) is 18.7 Å². The Labute approximate surface area is 231 Å². The summed E-state index contributed by atoms with van der Waals surface area (Å²) in [6, 6.07) is 11.6. The van der Waals surface area contributed by atoms with E-state index in [0.29, 0.717) is 17.3 Å². The Hall–Kier alpha value is -3.11. The number of nitrogens with one attached hydrogen (secondary N) is 2. The standard InChI is InChI=1S/C28H32ClN5O3S/c1-3-33-15-24(32-28(36)30-13-18-6-9-26(37-2)23(29)11-18)22-12-19(7-8-25(22)33)27-31-20(17-38-27)14-34-10-4-5-21(34)16-35/h6-9,11-12,15,17,21,35H,3-5,10,13-14,16H2,1-2H3,(H2,30,32,36)/t21-/m0/s1. The number of hydrogen-bond acceptors (Lipinski definition) is 6. The molecule has 3 heterocycles. The number of hydrogen-bond donors (Lipinski definition) is 3. The zero-order chi connectivity index (χ0) is 26.6. The van der Waals surface area contributed by atoms with E-state index in [0.717, 1.165) is 70.9 Å². The molecule has 5 rings (SSSR count). The van der Waals surface area contributed by atoms with Crippen LogP contribution in [-0.2, 0) is 19.6 Å². The molecule has 0 saturated carbocycles. The fourth-order valence-corrected chi connectivity index (χ4v) is 6.08. The number of halogens is 1. The number of anilines is 1. The summed E-state index contributed by atoms with van der Waals surface area (Å²) < 4.78 is 7.31. The molecule has 0 radical (unpaired) electrons. The van der Waals surface area contributed by atoms with Crippen molar-refractivity contribution in [2.75, 3.05) is 25.6 Å². The van der Waals surface area contributed by atoms with Crippen LogP contribution in [0.3, 0.4) is 0 Å². The van der Waals surface area contributed by atoms with Crippen molar-refractivity contribution in [2.45, 2.75) is 45.4 Å². The molecule has 200 valence electrons. The van der Waals surface area contributed by atoms with E-state index >= 15 is 0 Å². The molecule has 8 nitrogen and oxygen atoms in total. The monoisotopic (exact) mass is 553 g/mol. The van der Waals surface area contributed by atoms with Crippen molar-refractivity contribution in [1.82, 2.24) is 19.8 Å². The van der Waals surface area contributed by atoms with Gasteiger partial charge in [-0.05, 0) is 62.2 Å². The normalized spacial score (nSPS) is 15.7. The summed E-state index contributed by atoms with van der Waals surface area (Å²) in [5, 5.41) is 20.1. The van der Waals surface area contributed by atoms with Gasteiger partial charge in [0, 0.05) is 48.2 Å². The average Bonchev–Trinajstić information content (AvgIpc) is 3.66. The van der Waals surface area contributed by atoms with Crippen molar-refractivity contribution in [3.8, 4) is 16.3 Å². The molecule has 1 atom stereocenters. The molecule has 10 heteroatoms. The summed E-state index contributed by atoms with van der Waals surface area (Å²) in [5.41, 5.74) is 4.71. The van der Waals surface area contributed by atoms with Crippen molar-refractivity contribution < 1.29 is 14.6 Å². The lowest BCUT2D eigenvalue weighted by Crippen LogP contribution is -2.31. The molecular weight excluding hydrogens is 522 g/mol. The van der Waals surface area contributed by atoms with Gasteiger partial charge in [0.25, 0.3) is 0 Å². The Morgan fingerprint density at radius 2 is 2.16 bits per heavy atom. The molecule has 1 fully saturated rings. The number of benzene rings is 2. The molecule has 2 aromatic heterocycles. The van der Waals surface area contributed by atoms with Gasteiger partial charge in [-0.15, -0.1) is 11.3 Å². The summed E-state index contributed by atoms with van der Waals surface area (Å²) in [7, 11) is 1.57. The van der Waals surface area contributed by atoms with Crippen molar-refractivity contribution in [1.29, 1.82) is 0 Å². The van der Waals surface area contributed by atoms with Crippen LogP contribution in [-0.4, -0.2) is 51.9 Å². The molecule has 38 heavy (non-hydrogen) atoms. The largest absolute Gasteiger partial charge is 0.495 e. The maximum atomic E-state index is 12.8. The summed E-state index contributed by atoms with van der Waals surface area (Å²) >= 11 is 7.83. The van der Waals surface area contributed by atoms with Gasteiger partial charge in [-0.1, -0.05) is 17.7 Å². The predicted octanol–water partition coefficient (Wildman–Crippen LogP) is 5.73. The molecule has 1 saturated heterocycles. The average molecular weight is 554 g/mol. The summed E-state index contributed by atoms with van der Waals surface area (Å²) in [6.07, 6.45) is 4.12. The van der Waals surface area contributed by atoms with Crippen LogP contribution in [0.5, 0.6) is 5.75 Å². The Kier molecular flexibility index (Phi) is 8.18. The third-order valence-electron chi connectivity index (χ3n) is 7.01. The number of thiazole rings is 1. The molecule has 0 bridgehead atoms. The first-order valence-electron chi connectivity index (χ1n) is 12.8. The molecule has 0 aliphatic carbocycles. The van der Waals surface area contributed by atoms with Gasteiger partial charge >= 0.3 is 6.03 Å². The number of aliphatic hydroxyl groups is 1. The van der Waals surface area contributed by atoms with E-state index in [2.05, 4.69) is 50.6 Å². The van der Waals surface area contributed by atoms with E-state index in [1.807, 2.05) is 12.3 Å². The van der Waals surface area contributed by atoms with Gasteiger partial charge in [0.05, 0.1) is 35.6 Å².